The molecule has 8 nitrogen and oxygen atoms in total. The van der Waals surface area contributed by atoms with Crippen LogP contribution in [0.25, 0.3) is 10.9 Å². The fourth-order valence-corrected chi connectivity index (χ4v) is 3.11. The molecule has 0 atom stereocenters. The molecule has 4 aromatic rings. The van der Waals surface area contributed by atoms with E-state index in [1.165, 1.54) is 6.26 Å². The minimum absolute atomic E-state index is 0.235. The van der Waals surface area contributed by atoms with E-state index in [1.54, 1.807) is 25.3 Å². The van der Waals surface area contributed by atoms with Crippen LogP contribution < -0.4 is 0 Å². The van der Waals surface area contributed by atoms with Crippen molar-refractivity contribution in [3.05, 3.63) is 64.0 Å². The Kier molecular flexibility index (Phi) is 4.27. The van der Waals surface area contributed by atoms with Crippen molar-refractivity contribution in [2.24, 2.45) is 0 Å². The van der Waals surface area contributed by atoms with Crippen LogP contribution in [0.4, 0.5) is 0 Å². The second-order valence-corrected chi connectivity index (χ2v) is 6.15. The molecule has 1 aromatic carbocycles. The second-order valence-electron chi connectivity index (χ2n) is 5.71. The number of furan rings is 1. The van der Waals surface area contributed by atoms with E-state index in [1.807, 2.05) is 6.07 Å². The monoisotopic (exact) mass is 371 g/mol. The minimum atomic E-state index is -0.270. The summed E-state index contributed by atoms with van der Waals surface area (Å²) in [5.74, 6) is 0.443. The zero-order chi connectivity index (χ0) is 18.1. The SMILES string of the molecule is COCc1ccoc1C(=O)c1[nH]c2cc(Cl)ccc2c1Cc1nn[nH]n1. The normalized spacial score (nSPS) is 11.3. The molecule has 26 heavy (non-hydrogen) atoms. The Labute approximate surface area is 152 Å². The molecule has 0 radical (unpaired) electrons. The van der Waals surface area contributed by atoms with Crippen molar-refractivity contribution >= 4 is 28.3 Å². The third kappa shape index (κ3) is 2.89. The van der Waals surface area contributed by atoms with E-state index >= 15 is 0 Å². The number of rotatable bonds is 6. The number of nitrogens with zero attached hydrogens (tertiary/aromatic N) is 3. The van der Waals surface area contributed by atoms with E-state index in [4.69, 9.17) is 20.8 Å². The number of methoxy groups -OCH3 is 1. The predicted octanol–water partition coefficient (Wildman–Crippen LogP) is 2.90. The summed E-state index contributed by atoms with van der Waals surface area (Å²) in [6, 6.07) is 7.12. The molecule has 0 saturated heterocycles. The van der Waals surface area contributed by atoms with Crippen molar-refractivity contribution in [2.45, 2.75) is 13.0 Å². The van der Waals surface area contributed by atoms with E-state index in [0.29, 0.717) is 28.5 Å². The largest absolute Gasteiger partial charge is 0.460 e. The molecule has 0 unspecified atom stereocenters. The third-order valence-electron chi connectivity index (χ3n) is 4.07. The fraction of sp³-hybridized carbons (Fsp3) is 0.176. The lowest BCUT2D eigenvalue weighted by atomic mass is 10.0. The van der Waals surface area contributed by atoms with Gasteiger partial charge >= 0.3 is 0 Å². The van der Waals surface area contributed by atoms with Crippen LogP contribution in [0.15, 0.2) is 34.9 Å². The van der Waals surface area contributed by atoms with Crippen molar-refractivity contribution in [1.82, 2.24) is 25.6 Å². The molecule has 0 aliphatic heterocycles. The molecule has 0 aliphatic rings. The van der Waals surface area contributed by atoms with E-state index in [0.717, 1.165) is 16.5 Å². The molecule has 0 aliphatic carbocycles. The Morgan fingerprint density at radius 3 is 3.00 bits per heavy atom. The van der Waals surface area contributed by atoms with Crippen LogP contribution in [0.5, 0.6) is 0 Å². The van der Waals surface area contributed by atoms with Crippen LogP contribution in [0, 0.1) is 0 Å². The first kappa shape index (κ1) is 16.5. The van der Waals surface area contributed by atoms with Crippen LogP contribution >= 0.6 is 11.6 Å². The van der Waals surface area contributed by atoms with Crippen molar-refractivity contribution < 1.29 is 13.9 Å². The lowest BCUT2D eigenvalue weighted by Gasteiger charge is -2.03. The number of aromatic amines is 2. The molecule has 0 spiro atoms. The zero-order valence-corrected chi connectivity index (χ0v) is 14.5. The standard InChI is InChI=1S/C17H14ClN5O3/c1-25-8-9-4-5-26-17(9)16(24)15-12(7-14-20-22-23-21-14)11-3-2-10(18)6-13(11)19-15/h2-6,19H,7-8H2,1H3,(H,20,21,22,23). The quantitative estimate of drug-likeness (QED) is 0.504. The van der Waals surface area contributed by atoms with Crippen LogP contribution in [-0.2, 0) is 17.8 Å². The first-order valence-electron chi connectivity index (χ1n) is 7.79. The number of hydrogen-bond donors (Lipinski definition) is 2. The molecular weight excluding hydrogens is 358 g/mol. The Morgan fingerprint density at radius 2 is 2.23 bits per heavy atom. The van der Waals surface area contributed by atoms with Gasteiger partial charge in [0.25, 0.3) is 0 Å². The molecule has 0 saturated carbocycles. The van der Waals surface area contributed by atoms with Crippen LogP contribution in [0.2, 0.25) is 5.02 Å². The summed E-state index contributed by atoms with van der Waals surface area (Å²) in [6.45, 7) is 0.282. The highest BCUT2D eigenvalue weighted by Gasteiger charge is 2.24. The van der Waals surface area contributed by atoms with Gasteiger partial charge in [0.1, 0.15) is 0 Å². The molecule has 3 heterocycles. The Morgan fingerprint density at radius 1 is 1.35 bits per heavy atom. The first-order chi connectivity index (χ1) is 12.7. The van der Waals surface area contributed by atoms with Gasteiger partial charge in [0.15, 0.2) is 11.6 Å². The number of H-pyrrole nitrogens is 2. The number of ether oxygens (including phenoxy) is 1. The summed E-state index contributed by atoms with van der Waals surface area (Å²) in [5, 5.41) is 15.4. The van der Waals surface area contributed by atoms with Crippen LogP contribution in [0.3, 0.4) is 0 Å². The number of aromatic nitrogens is 5. The molecule has 3 aromatic heterocycles. The summed E-state index contributed by atoms with van der Waals surface area (Å²) in [7, 11) is 1.56. The molecular formula is C17H14ClN5O3. The summed E-state index contributed by atoms with van der Waals surface area (Å²) < 4.78 is 10.5. The number of carbonyl (C=O) groups excluding carboxylic acids is 1. The lowest BCUT2D eigenvalue weighted by molar-refractivity contribution is 0.0997. The summed E-state index contributed by atoms with van der Waals surface area (Å²) >= 11 is 6.09. The molecule has 132 valence electrons. The summed E-state index contributed by atoms with van der Waals surface area (Å²) in [4.78, 5) is 16.3. The topological polar surface area (TPSA) is 110 Å². The number of hydrogen-bond acceptors (Lipinski definition) is 6. The van der Waals surface area contributed by atoms with Gasteiger partial charge in [0.05, 0.1) is 18.6 Å². The first-order valence-corrected chi connectivity index (χ1v) is 8.17. The van der Waals surface area contributed by atoms with Crippen molar-refractivity contribution in [3.63, 3.8) is 0 Å². The fourth-order valence-electron chi connectivity index (χ4n) is 2.94. The highest BCUT2D eigenvalue weighted by atomic mass is 35.5. The minimum Gasteiger partial charge on any atom is -0.460 e. The number of ketones is 1. The molecule has 9 heteroatoms. The van der Waals surface area contributed by atoms with Gasteiger partial charge in [-0.15, -0.1) is 10.2 Å². The molecule has 0 bridgehead atoms. The van der Waals surface area contributed by atoms with Crippen molar-refractivity contribution in [3.8, 4) is 0 Å². The van der Waals surface area contributed by atoms with Gasteiger partial charge in [-0.05, 0) is 23.8 Å². The van der Waals surface area contributed by atoms with E-state index < -0.39 is 0 Å². The Hall–Kier alpha value is -2.97. The molecule has 4 rings (SSSR count). The molecule has 0 amide bonds. The van der Waals surface area contributed by atoms with E-state index in [9.17, 15) is 4.79 Å². The highest BCUT2D eigenvalue weighted by molar-refractivity contribution is 6.31. The zero-order valence-electron chi connectivity index (χ0n) is 13.7. The summed E-state index contributed by atoms with van der Waals surface area (Å²) in [5.41, 5.74) is 2.58. The van der Waals surface area contributed by atoms with Gasteiger partial charge in [-0.3, -0.25) is 4.79 Å². The number of tetrazole rings is 1. The number of nitrogens with one attached hydrogen (secondary N) is 2. The average molecular weight is 372 g/mol. The summed E-state index contributed by atoms with van der Waals surface area (Å²) in [6.07, 6.45) is 1.81. The maximum absolute atomic E-state index is 13.1. The number of halogens is 1. The maximum Gasteiger partial charge on any atom is 0.244 e. The van der Waals surface area contributed by atoms with Gasteiger partial charge in [0.2, 0.25) is 5.78 Å². The molecule has 2 N–H and O–H groups in total. The van der Waals surface area contributed by atoms with Crippen molar-refractivity contribution in [2.75, 3.05) is 7.11 Å². The number of benzene rings is 1. The number of carbonyl (C=O) groups is 1. The van der Waals surface area contributed by atoms with E-state index in [-0.39, 0.29) is 18.2 Å². The van der Waals surface area contributed by atoms with Crippen LogP contribution in [0.1, 0.15) is 33.2 Å². The lowest BCUT2D eigenvalue weighted by Crippen LogP contribution is -2.08. The third-order valence-corrected chi connectivity index (χ3v) is 4.31. The van der Waals surface area contributed by atoms with Gasteiger partial charge in [-0.25, -0.2) is 0 Å². The second kappa shape index (κ2) is 6.74. The molecule has 0 fully saturated rings. The Bertz CT molecular complexity index is 1070. The van der Waals surface area contributed by atoms with Crippen molar-refractivity contribution in [1.29, 1.82) is 0 Å². The smallest absolute Gasteiger partial charge is 0.244 e. The maximum atomic E-state index is 13.1. The van der Waals surface area contributed by atoms with Gasteiger partial charge in [0, 0.05) is 35.0 Å². The van der Waals surface area contributed by atoms with Gasteiger partial charge in [-0.2, -0.15) is 5.21 Å². The van der Waals surface area contributed by atoms with Gasteiger partial charge in [-0.1, -0.05) is 22.9 Å². The van der Waals surface area contributed by atoms with Crippen LogP contribution in [-0.4, -0.2) is 38.5 Å². The Balaban J connectivity index is 1.85. The average Bonchev–Trinajstić information content (AvgIpc) is 3.35. The van der Waals surface area contributed by atoms with Gasteiger partial charge < -0.3 is 14.1 Å². The van der Waals surface area contributed by atoms with E-state index in [2.05, 4.69) is 25.6 Å². The highest BCUT2D eigenvalue weighted by Crippen LogP contribution is 2.29. The predicted molar refractivity (Wildman–Crippen MR) is 93.1 cm³/mol. The number of fused-ring (bicyclic) bond motifs is 1.